The number of benzene rings is 2. The Morgan fingerprint density at radius 3 is 2.35 bits per heavy atom. The molecule has 2 aromatic carbocycles. The maximum Gasteiger partial charge on any atom is 0.119 e. The molecule has 0 amide bonds. The van der Waals surface area contributed by atoms with E-state index in [2.05, 4.69) is 12.2 Å². The normalized spacial score (nSPS) is 11.9. The van der Waals surface area contributed by atoms with Crippen molar-refractivity contribution in [2.45, 2.75) is 19.4 Å². The van der Waals surface area contributed by atoms with Crippen LogP contribution in [-0.2, 0) is 0 Å². The highest BCUT2D eigenvalue weighted by atomic mass is 16.5. The van der Waals surface area contributed by atoms with E-state index in [1.807, 2.05) is 54.6 Å². The van der Waals surface area contributed by atoms with Crippen LogP contribution in [0.4, 0.5) is 5.69 Å². The summed E-state index contributed by atoms with van der Waals surface area (Å²) in [4.78, 5) is 0. The van der Waals surface area contributed by atoms with Crippen LogP contribution in [0.25, 0.3) is 0 Å². The minimum Gasteiger partial charge on any atom is -0.494 e. The molecule has 20 heavy (non-hydrogen) atoms. The molecule has 1 atom stereocenters. The maximum atomic E-state index is 9.56. The number of ether oxygens (including phenoxy) is 1. The van der Waals surface area contributed by atoms with Gasteiger partial charge >= 0.3 is 0 Å². The summed E-state index contributed by atoms with van der Waals surface area (Å²) in [5.74, 6) is 0.868. The van der Waals surface area contributed by atoms with E-state index in [1.54, 1.807) is 0 Å². The summed E-state index contributed by atoms with van der Waals surface area (Å²) in [5, 5.41) is 12.9. The fraction of sp³-hybridized carbons (Fsp3) is 0.294. The lowest BCUT2D eigenvalue weighted by Crippen LogP contribution is -2.14. The van der Waals surface area contributed by atoms with Crippen molar-refractivity contribution in [3.63, 3.8) is 0 Å². The summed E-state index contributed by atoms with van der Waals surface area (Å²) < 4.78 is 5.56. The first-order valence-electron chi connectivity index (χ1n) is 6.98. The van der Waals surface area contributed by atoms with E-state index >= 15 is 0 Å². The van der Waals surface area contributed by atoms with Gasteiger partial charge < -0.3 is 15.2 Å². The lowest BCUT2D eigenvalue weighted by molar-refractivity contribution is 0.276. The van der Waals surface area contributed by atoms with Crippen molar-refractivity contribution >= 4 is 5.69 Å². The minimum absolute atomic E-state index is 0.0457. The van der Waals surface area contributed by atoms with Crippen LogP contribution in [0, 0.1) is 0 Å². The highest BCUT2D eigenvalue weighted by Crippen LogP contribution is 2.21. The molecule has 0 aliphatic carbocycles. The van der Waals surface area contributed by atoms with Gasteiger partial charge in [-0.1, -0.05) is 37.3 Å². The summed E-state index contributed by atoms with van der Waals surface area (Å²) in [7, 11) is 0. The number of aliphatic hydroxyl groups is 1. The van der Waals surface area contributed by atoms with E-state index in [1.165, 1.54) is 0 Å². The SMILES string of the molecule is CCCOc1ccc(C(CO)Nc2ccccc2)cc1. The van der Waals surface area contributed by atoms with Gasteiger partial charge in [-0.05, 0) is 36.2 Å². The van der Waals surface area contributed by atoms with Gasteiger partial charge in [0.05, 0.1) is 19.3 Å². The third-order valence-corrected chi connectivity index (χ3v) is 3.05. The monoisotopic (exact) mass is 271 g/mol. The van der Waals surface area contributed by atoms with E-state index in [-0.39, 0.29) is 12.6 Å². The van der Waals surface area contributed by atoms with Crippen LogP contribution in [0.1, 0.15) is 24.9 Å². The second kappa shape index (κ2) is 7.56. The highest BCUT2D eigenvalue weighted by Gasteiger charge is 2.10. The second-order valence-corrected chi connectivity index (χ2v) is 4.66. The van der Waals surface area contributed by atoms with Gasteiger partial charge in [-0.25, -0.2) is 0 Å². The summed E-state index contributed by atoms with van der Waals surface area (Å²) in [6.45, 7) is 2.86. The van der Waals surface area contributed by atoms with Crippen molar-refractivity contribution in [1.29, 1.82) is 0 Å². The Kier molecular flexibility index (Phi) is 5.44. The molecule has 0 aliphatic heterocycles. The predicted molar refractivity (Wildman–Crippen MR) is 82.1 cm³/mol. The van der Waals surface area contributed by atoms with Gasteiger partial charge in [-0.15, -0.1) is 0 Å². The molecule has 0 heterocycles. The fourth-order valence-electron chi connectivity index (χ4n) is 1.99. The van der Waals surface area contributed by atoms with Gasteiger partial charge in [0.1, 0.15) is 5.75 Å². The number of aliphatic hydroxyl groups excluding tert-OH is 1. The van der Waals surface area contributed by atoms with E-state index in [4.69, 9.17) is 4.74 Å². The number of anilines is 1. The van der Waals surface area contributed by atoms with Gasteiger partial charge in [0.15, 0.2) is 0 Å². The Morgan fingerprint density at radius 2 is 1.75 bits per heavy atom. The zero-order chi connectivity index (χ0) is 14.2. The molecule has 2 rings (SSSR count). The topological polar surface area (TPSA) is 41.5 Å². The van der Waals surface area contributed by atoms with Crippen molar-refractivity contribution in [2.24, 2.45) is 0 Å². The largest absolute Gasteiger partial charge is 0.494 e. The summed E-state index contributed by atoms with van der Waals surface area (Å²) in [6, 6.07) is 17.6. The Hall–Kier alpha value is -2.00. The van der Waals surface area contributed by atoms with Crippen molar-refractivity contribution in [2.75, 3.05) is 18.5 Å². The average molecular weight is 271 g/mol. The van der Waals surface area contributed by atoms with Crippen LogP contribution in [0.3, 0.4) is 0 Å². The molecule has 2 N–H and O–H groups in total. The molecule has 0 bridgehead atoms. The molecule has 0 spiro atoms. The molecule has 1 unspecified atom stereocenters. The van der Waals surface area contributed by atoms with E-state index in [0.29, 0.717) is 0 Å². The van der Waals surface area contributed by atoms with Crippen molar-refractivity contribution < 1.29 is 9.84 Å². The van der Waals surface area contributed by atoms with Crippen molar-refractivity contribution in [3.05, 3.63) is 60.2 Å². The molecule has 0 aromatic heterocycles. The molecule has 106 valence electrons. The predicted octanol–water partition coefficient (Wildman–Crippen LogP) is 3.62. The Balaban J connectivity index is 2.04. The van der Waals surface area contributed by atoms with Crippen LogP contribution in [0.15, 0.2) is 54.6 Å². The Labute approximate surface area is 120 Å². The third kappa shape index (κ3) is 4.00. The number of rotatable bonds is 7. The van der Waals surface area contributed by atoms with Crippen molar-refractivity contribution in [3.8, 4) is 5.75 Å². The first kappa shape index (κ1) is 14.4. The van der Waals surface area contributed by atoms with Gasteiger partial charge in [0.25, 0.3) is 0 Å². The molecule has 3 heteroatoms. The van der Waals surface area contributed by atoms with E-state index in [9.17, 15) is 5.11 Å². The minimum atomic E-state index is -0.113. The van der Waals surface area contributed by atoms with Crippen LogP contribution >= 0.6 is 0 Å². The second-order valence-electron chi connectivity index (χ2n) is 4.66. The quantitative estimate of drug-likeness (QED) is 0.808. The third-order valence-electron chi connectivity index (χ3n) is 3.05. The van der Waals surface area contributed by atoms with Gasteiger partial charge in [0.2, 0.25) is 0 Å². The molecule has 0 aliphatic rings. The van der Waals surface area contributed by atoms with E-state index in [0.717, 1.165) is 30.0 Å². The lowest BCUT2D eigenvalue weighted by atomic mass is 10.1. The van der Waals surface area contributed by atoms with Crippen LogP contribution in [-0.4, -0.2) is 18.3 Å². The zero-order valence-corrected chi connectivity index (χ0v) is 11.8. The number of para-hydroxylation sites is 1. The molecule has 0 saturated carbocycles. The Bertz CT molecular complexity index is 496. The first-order chi connectivity index (χ1) is 9.83. The molecule has 0 fully saturated rings. The molecular weight excluding hydrogens is 250 g/mol. The lowest BCUT2D eigenvalue weighted by Gasteiger charge is -2.18. The van der Waals surface area contributed by atoms with E-state index < -0.39 is 0 Å². The smallest absolute Gasteiger partial charge is 0.119 e. The average Bonchev–Trinajstić information content (AvgIpc) is 2.52. The molecule has 0 saturated heterocycles. The van der Waals surface area contributed by atoms with Gasteiger partial charge in [0, 0.05) is 5.69 Å². The van der Waals surface area contributed by atoms with Gasteiger partial charge in [-0.3, -0.25) is 0 Å². The standard InChI is InChI=1S/C17H21NO2/c1-2-12-20-16-10-8-14(9-11-16)17(13-19)18-15-6-4-3-5-7-15/h3-11,17-19H,2,12-13H2,1H3. The molecule has 3 nitrogen and oxygen atoms in total. The molecule has 2 aromatic rings. The number of hydrogen-bond acceptors (Lipinski definition) is 3. The first-order valence-corrected chi connectivity index (χ1v) is 6.98. The van der Waals surface area contributed by atoms with Crippen molar-refractivity contribution in [1.82, 2.24) is 0 Å². The summed E-state index contributed by atoms with van der Waals surface area (Å²) in [6.07, 6.45) is 0.997. The maximum absolute atomic E-state index is 9.56. The zero-order valence-electron chi connectivity index (χ0n) is 11.8. The number of hydrogen-bond donors (Lipinski definition) is 2. The summed E-state index contributed by atoms with van der Waals surface area (Å²) in [5.41, 5.74) is 2.04. The molecule has 0 radical (unpaired) electrons. The summed E-state index contributed by atoms with van der Waals surface area (Å²) >= 11 is 0. The van der Waals surface area contributed by atoms with Crippen LogP contribution < -0.4 is 10.1 Å². The van der Waals surface area contributed by atoms with Crippen LogP contribution in [0.2, 0.25) is 0 Å². The molecular formula is C17H21NO2. The highest BCUT2D eigenvalue weighted by molar-refractivity contribution is 5.45. The van der Waals surface area contributed by atoms with Crippen LogP contribution in [0.5, 0.6) is 5.75 Å². The Morgan fingerprint density at radius 1 is 1.05 bits per heavy atom. The number of nitrogens with one attached hydrogen (secondary N) is 1. The van der Waals surface area contributed by atoms with Gasteiger partial charge in [-0.2, -0.15) is 0 Å². The fourth-order valence-corrected chi connectivity index (χ4v) is 1.99.